The maximum atomic E-state index is 12.5. The summed E-state index contributed by atoms with van der Waals surface area (Å²) >= 11 is 1.71. The summed E-state index contributed by atoms with van der Waals surface area (Å²) in [6.45, 7) is 1.99. The topological polar surface area (TPSA) is 32.3 Å². The van der Waals surface area contributed by atoms with Gasteiger partial charge in [0.05, 0.1) is 6.04 Å². The van der Waals surface area contributed by atoms with Crippen molar-refractivity contribution < 1.29 is 4.79 Å². The highest BCUT2D eigenvalue weighted by atomic mass is 32.1. The molecule has 1 amide bonds. The molecule has 2 bridgehead atoms. The van der Waals surface area contributed by atoms with Crippen molar-refractivity contribution in [2.45, 2.75) is 50.9 Å². The van der Waals surface area contributed by atoms with Gasteiger partial charge in [0, 0.05) is 6.04 Å². The van der Waals surface area contributed by atoms with Gasteiger partial charge in [0.25, 0.3) is 0 Å². The largest absolute Gasteiger partial charge is 0.318 e. The Labute approximate surface area is 118 Å². The van der Waals surface area contributed by atoms with Gasteiger partial charge in [-0.2, -0.15) is 11.3 Å². The van der Waals surface area contributed by atoms with Gasteiger partial charge >= 0.3 is 0 Å². The molecule has 2 saturated carbocycles. The van der Waals surface area contributed by atoms with Crippen LogP contribution < -0.4 is 5.32 Å². The van der Waals surface area contributed by atoms with Gasteiger partial charge in [-0.05, 0) is 60.4 Å². The van der Waals surface area contributed by atoms with Gasteiger partial charge < -0.3 is 4.90 Å². The molecule has 3 aliphatic rings. The second-order valence-electron chi connectivity index (χ2n) is 6.34. The molecule has 5 atom stereocenters. The van der Waals surface area contributed by atoms with E-state index in [2.05, 4.69) is 27.0 Å². The molecular formula is C15H20N2OS. The smallest absolute Gasteiger partial charge is 0.241 e. The zero-order valence-electron chi connectivity index (χ0n) is 11.2. The van der Waals surface area contributed by atoms with Crippen LogP contribution in [0.5, 0.6) is 0 Å². The Balaban J connectivity index is 1.65. The van der Waals surface area contributed by atoms with Crippen molar-refractivity contribution in [2.75, 3.05) is 0 Å². The molecule has 0 aromatic carbocycles. The number of rotatable bonds is 2. The van der Waals surface area contributed by atoms with Crippen molar-refractivity contribution in [1.82, 2.24) is 10.2 Å². The van der Waals surface area contributed by atoms with E-state index in [-0.39, 0.29) is 12.2 Å². The monoisotopic (exact) mass is 276 g/mol. The first-order chi connectivity index (χ1) is 9.24. The zero-order valence-corrected chi connectivity index (χ0v) is 12.0. The Hall–Kier alpha value is -0.870. The average molecular weight is 276 g/mol. The third-order valence-corrected chi connectivity index (χ3v) is 5.93. The summed E-state index contributed by atoms with van der Waals surface area (Å²) in [5.41, 5.74) is 1.26. The molecule has 0 radical (unpaired) electrons. The third-order valence-electron chi connectivity index (χ3n) is 5.23. The van der Waals surface area contributed by atoms with Gasteiger partial charge in [-0.3, -0.25) is 10.1 Å². The fourth-order valence-electron chi connectivity index (χ4n) is 4.33. The second-order valence-corrected chi connectivity index (χ2v) is 7.12. The predicted octanol–water partition coefficient (Wildman–Crippen LogP) is 2.76. The fourth-order valence-corrected chi connectivity index (χ4v) is 5.01. The molecular weight excluding hydrogens is 256 g/mol. The lowest BCUT2D eigenvalue weighted by molar-refractivity contribution is -0.133. The molecule has 1 N–H and O–H groups in total. The van der Waals surface area contributed by atoms with Crippen molar-refractivity contribution in [2.24, 2.45) is 11.8 Å². The first kappa shape index (κ1) is 11.9. The highest BCUT2D eigenvalue weighted by Gasteiger charge is 2.49. The molecule has 5 unspecified atom stereocenters. The number of thiophene rings is 1. The standard InChI is InChI=1S/C15H20N2OS/c1-9-15(18)17(13-7-10-2-3-11(13)6-10)14(16-9)12-4-5-19-8-12/h4-5,8-11,13-14,16H,2-3,6-7H2,1H3. The molecule has 1 saturated heterocycles. The number of carbonyl (C=O) groups is 1. The summed E-state index contributed by atoms with van der Waals surface area (Å²) in [5, 5.41) is 7.75. The van der Waals surface area contributed by atoms with E-state index in [4.69, 9.17) is 0 Å². The summed E-state index contributed by atoms with van der Waals surface area (Å²) < 4.78 is 0. The number of nitrogens with one attached hydrogen (secondary N) is 1. The van der Waals surface area contributed by atoms with Crippen LogP contribution in [0.3, 0.4) is 0 Å². The molecule has 1 aromatic rings. The second kappa shape index (κ2) is 4.32. The van der Waals surface area contributed by atoms with Crippen LogP contribution >= 0.6 is 11.3 Å². The minimum absolute atomic E-state index is 0.0379. The minimum Gasteiger partial charge on any atom is -0.318 e. The normalized spacial score (nSPS) is 41.4. The summed E-state index contributed by atoms with van der Waals surface area (Å²) in [6, 6.07) is 2.59. The molecule has 19 heavy (non-hydrogen) atoms. The lowest BCUT2D eigenvalue weighted by atomic mass is 9.93. The van der Waals surface area contributed by atoms with Crippen molar-refractivity contribution in [1.29, 1.82) is 0 Å². The van der Waals surface area contributed by atoms with Crippen LogP contribution in [0.2, 0.25) is 0 Å². The van der Waals surface area contributed by atoms with Crippen LogP contribution in [0.1, 0.15) is 44.3 Å². The quantitative estimate of drug-likeness (QED) is 0.901. The van der Waals surface area contributed by atoms with Crippen molar-refractivity contribution in [3.8, 4) is 0 Å². The number of carbonyl (C=O) groups excluding carboxylic acids is 1. The van der Waals surface area contributed by atoms with Crippen LogP contribution in [-0.4, -0.2) is 22.9 Å². The van der Waals surface area contributed by atoms with Crippen LogP contribution in [0.15, 0.2) is 16.8 Å². The average Bonchev–Trinajstić information content (AvgIpc) is 3.14. The van der Waals surface area contributed by atoms with Gasteiger partial charge in [-0.1, -0.05) is 6.42 Å². The molecule has 2 heterocycles. The van der Waals surface area contributed by atoms with Crippen LogP contribution in [0, 0.1) is 11.8 Å². The van der Waals surface area contributed by atoms with E-state index in [1.807, 2.05) is 6.92 Å². The summed E-state index contributed by atoms with van der Waals surface area (Å²) in [4.78, 5) is 14.7. The van der Waals surface area contributed by atoms with Gasteiger partial charge in [0.2, 0.25) is 5.91 Å². The van der Waals surface area contributed by atoms with Crippen molar-refractivity contribution >= 4 is 17.2 Å². The van der Waals surface area contributed by atoms with Crippen LogP contribution in [-0.2, 0) is 4.79 Å². The molecule has 1 aromatic heterocycles. The molecule has 4 heteroatoms. The minimum atomic E-state index is -0.0379. The highest BCUT2D eigenvalue weighted by molar-refractivity contribution is 7.07. The number of hydrogen-bond acceptors (Lipinski definition) is 3. The fraction of sp³-hybridized carbons (Fsp3) is 0.667. The van der Waals surface area contributed by atoms with Crippen LogP contribution in [0.25, 0.3) is 0 Å². The summed E-state index contributed by atoms with van der Waals surface area (Å²) in [5.74, 6) is 1.93. The molecule has 0 spiro atoms. The maximum absolute atomic E-state index is 12.5. The van der Waals surface area contributed by atoms with Crippen molar-refractivity contribution in [3.05, 3.63) is 22.4 Å². The molecule has 2 aliphatic carbocycles. The number of nitrogens with zero attached hydrogens (tertiary/aromatic N) is 1. The van der Waals surface area contributed by atoms with Gasteiger partial charge in [0.1, 0.15) is 6.17 Å². The number of fused-ring (bicyclic) bond motifs is 2. The Morgan fingerprint density at radius 1 is 1.37 bits per heavy atom. The van der Waals surface area contributed by atoms with E-state index in [9.17, 15) is 4.79 Å². The number of amides is 1. The van der Waals surface area contributed by atoms with Crippen LogP contribution in [0.4, 0.5) is 0 Å². The Morgan fingerprint density at radius 3 is 2.89 bits per heavy atom. The lowest BCUT2D eigenvalue weighted by Gasteiger charge is -2.35. The zero-order chi connectivity index (χ0) is 13.0. The van der Waals surface area contributed by atoms with E-state index in [0.717, 1.165) is 11.8 Å². The van der Waals surface area contributed by atoms with E-state index in [1.165, 1.54) is 31.2 Å². The highest BCUT2D eigenvalue weighted by Crippen LogP contribution is 2.49. The first-order valence-corrected chi connectivity index (χ1v) is 8.28. The molecule has 3 nitrogen and oxygen atoms in total. The van der Waals surface area contributed by atoms with Crippen molar-refractivity contribution in [3.63, 3.8) is 0 Å². The SMILES string of the molecule is CC1NC(c2ccsc2)N(C2CC3CCC2C3)C1=O. The molecule has 4 rings (SSSR count). The Kier molecular flexibility index (Phi) is 2.71. The Bertz CT molecular complexity index is 486. The van der Waals surface area contributed by atoms with Gasteiger partial charge in [-0.15, -0.1) is 0 Å². The van der Waals surface area contributed by atoms with E-state index < -0.39 is 0 Å². The lowest BCUT2D eigenvalue weighted by Crippen LogP contribution is -2.42. The molecule has 102 valence electrons. The van der Waals surface area contributed by atoms with E-state index >= 15 is 0 Å². The van der Waals surface area contributed by atoms with E-state index in [0.29, 0.717) is 11.9 Å². The number of hydrogen-bond donors (Lipinski definition) is 1. The molecule has 3 fully saturated rings. The third kappa shape index (κ3) is 1.77. The van der Waals surface area contributed by atoms with Gasteiger partial charge in [-0.25, -0.2) is 0 Å². The predicted molar refractivity (Wildman–Crippen MR) is 75.7 cm³/mol. The van der Waals surface area contributed by atoms with Gasteiger partial charge in [0.15, 0.2) is 0 Å². The van der Waals surface area contributed by atoms with E-state index in [1.54, 1.807) is 11.3 Å². The molecule has 1 aliphatic heterocycles. The maximum Gasteiger partial charge on any atom is 0.241 e. The Morgan fingerprint density at radius 2 is 2.26 bits per heavy atom. The summed E-state index contributed by atoms with van der Waals surface area (Å²) in [6.07, 6.45) is 5.39. The first-order valence-electron chi connectivity index (χ1n) is 7.34. The summed E-state index contributed by atoms with van der Waals surface area (Å²) in [7, 11) is 0.